The van der Waals surface area contributed by atoms with E-state index in [-0.39, 0.29) is 0 Å². The van der Waals surface area contributed by atoms with Crippen LogP contribution in [0.4, 0.5) is 0 Å². The largest absolute Gasteiger partial charge is 0.370 e. The maximum atomic E-state index is 5.78. The van der Waals surface area contributed by atoms with Crippen LogP contribution in [0.2, 0.25) is 0 Å². The van der Waals surface area contributed by atoms with Gasteiger partial charge in [-0.15, -0.1) is 0 Å². The number of benzene rings is 1. The molecule has 1 aromatic carbocycles. The number of nitrogens with two attached hydrogens (primary N) is 1. The van der Waals surface area contributed by atoms with Crippen molar-refractivity contribution in [3.63, 3.8) is 0 Å². The lowest BCUT2D eigenvalue weighted by molar-refractivity contribution is 0.441. The Labute approximate surface area is 84.2 Å². The van der Waals surface area contributed by atoms with Gasteiger partial charge in [-0.05, 0) is 23.6 Å². The summed E-state index contributed by atoms with van der Waals surface area (Å²) in [6.07, 6.45) is 0. The molecule has 0 unspecified atom stereocenters. The van der Waals surface area contributed by atoms with Gasteiger partial charge in [0.25, 0.3) is 0 Å². The first-order chi connectivity index (χ1) is 6.72. The minimum atomic E-state index is 0.626. The van der Waals surface area contributed by atoms with Crippen molar-refractivity contribution in [2.45, 2.75) is 20.0 Å². The van der Waals surface area contributed by atoms with Crippen LogP contribution in [0.5, 0.6) is 0 Å². The highest BCUT2D eigenvalue weighted by Gasteiger charge is 2.20. The van der Waals surface area contributed by atoms with Gasteiger partial charge in [-0.1, -0.05) is 18.2 Å². The maximum Gasteiger partial charge on any atom is 0.191 e. The Hall–Kier alpha value is -1.51. The van der Waals surface area contributed by atoms with Gasteiger partial charge in [0.1, 0.15) is 0 Å². The van der Waals surface area contributed by atoms with Gasteiger partial charge < -0.3 is 10.6 Å². The van der Waals surface area contributed by atoms with E-state index in [1.165, 1.54) is 16.7 Å². The monoisotopic (exact) mass is 189 g/mol. The third-order valence-electron chi connectivity index (χ3n) is 2.77. The average Bonchev–Trinajstić information content (AvgIpc) is 2.62. The first-order valence-corrected chi connectivity index (χ1v) is 4.77. The molecule has 74 valence electrons. The third kappa shape index (κ3) is 1.35. The van der Waals surface area contributed by atoms with E-state index in [1.54, 1.807) is 7.05 Å². The zero-order chi connectivity index (χ0) is 10.1. The van der Waals surface area contributed by atoms with Crippen molar-refractivity contribution in [3.05, 3.63) is 34.9 Å². The second-order valence-electron chi connectivity index (χ2n) is 3.65. The average molecular weight is 189 g/mol. The molecule has 1 aromatic rings. The quantitative estimate of drug-likeness (QED) is 0.493. The van der Waals surface area contributed by atoms with Crippen LogP contribution in [0.3, 0.4) is 0 Å². The van der Waals surface area contributed by atoms with Gasteiger partial charge in [0.05, 0.1) is 0 Å². The minimum Gasteiger partial charge on any atom is -0.370 e. The molecule has 0 atom stereocenters. The van der Waals surface area contributed by atoms with E-state index >= 15 is 0 Å². The fourth-order valence-corrected chi connectivity index (χ4v) is 1.89. The maximum absolute atomic E-state index is 5.78. The topological polar surface area (TPSA) is 41.6 Å². The van der Waals surface area contributed by atoms with Crippen LogP contribution in [0.15, 0.2) is 23.2 Å². The first-order valence-electron chi connectivity index (χ1n) is 4.77. The molecule has 14 heavy (non-hydrogen) atoms. The Balaban J connectivity index is 2.30. The van der Waals surface area contributed by atoms with E-state index in [1.807, 2.05) is 0 Å². The molecule has 2 rings (SSSR count). The number of aryl methyl sites for hydroxylation is 1. The van der Waals surface area contributed by atoms with E-state index in [0.717, 1.165) is 13.1 Å². The van der Waals surface area contributed by atoms with Crippen molar-refractivity contribution in [2.24, 2.45) is 10.7 Å². The smallest absolute Gasteiger partial charge is 0.191 e. The number of guanidine groups is 1. The summed E-state index contributed by atoms with van der Waals surface area (Å²) in [4.78, 5) is 6.10. The van der Waals surface area contributed by atoms with E-state index in [2.05, 4.69) is 35.0 Å². The van der Waals surface area contributed by atoms with Crippen molar-refractivity contribution >= 4 is 5.96 Å². The molecule has 0 spiro atoms. The Morgan fingerprint density at radius 3 is 2.86 bits per heavy atom. The van der Waals surface area contributed by atoms with E-state index in [9.17, 15) is 0 Å². The van der Waals surface area contributed by atoms with Crippen molar-refractivity contribution in [3.8, 4) is 0 Å². The zero-order valence-corrected chi connectivity index (χ0v) is 8.62. The molecule has 1 aliphatic rings. The molecule has 0 amide bonds. The predicted molar refractivity (Wildman–Crippen MR) is 58.0 cm³/mol. The van der Waals surface area contributed by atoms with Crippen LogP contribution in [0.1, 0.15) is 16.7 Å². The standard InChI is InChI=1S/C11H15N3/c1-8-4-3-5-9-6-14(7-10(8)9)11(12)13-2/h3-5H,6-7H2,1-2H3,(H2,12,13). The number of hydrogen-bond donors (Lipinski definition) is 1. The fraction of sp³-hybridized carbons (Fsp3) is 0.364. The predicted octanol–water partition coefficient (Wildman–Crippen LogP) is 1.26. The molecule has 0 aromatic heterocycles. The molecule has 0 fully saturated rings. The number of nitrogens with zero attached hydrogens (tertiary/aromatic N) is 2. The van der Waals surface area contributed by atoms with Crippen molar-refractivity contribution in [1.29, 1.82) is 0 Å². The molecule has 0 radical (unpaired) electrons. The molecule has 1 heterocycles. The lowest BCUT2D eigenvalue weighted by Crippen LogP contribution is -2.32. The molecule has 3 heteroatoms. The Bertz CT molecular complexity index is 382. The number of hydrogen-bond acceptors (Lipinski definition) is 1. The van der Waals surface area contributed by atoms with Crippen LogP contribution < -0.4 is 5.73 Å². The number of aliphatic imine (C=N–C) groups is 1. The highest BCUT2D eigenvalue weighted by molar-refractivity contribution is 5.78. The summed E-state index contributed by atoms with van der Waals surface area (Å²) in [7, 11) is 1.73. The molecule has 3 nitrogen and oxygen atoms in total. The summed E-state index contributed by atoms with van der Waals surface area (Å²) < 4.78 is 0. The summed E-state index contributed by atoms with van der Waals surface area (Å²) in [5.41, 5.74) is 9.90. The number of fused-ring (bicyclic) bond motifs is 1. The normalized spacial score (nSPS) is 15.9. The van der Waals surface area contributed by atoms with Crippen LogP contribution in [-0.4, -0.2) is 17.9 Å². The SMILES string of the molecule is CN=C(N)N1Cc2cccc(C)c2C1. The van der Waals surface area contributed by atoms with E-state index in [0.29, 0.717) is 5.96 Å². The molecule has 1 aliphatic heterocycles. The lowest BCUT2D eigenvalue weighted by Gasteiger charge is -2.15. The molecule has 0 bridgehead atoms. The van der Waals surface area contributed by atoms with Crippen LogP contribution in [0.25, 0.3) is 0 Å². The Kier molecular flexibility index (Phi) is 2.15. The fourth-order valence-electron chi connectivity index (χ4n) is 1.89. The van der Waals surface area contributed by atoms with Crippen LogP contribution in [0, 0.1) is 6.92 Å². The molecular weight excluding hydrogens is 174 g/mol. The zero-order valence-electron chi connectivity index (χ0n) is 8.62. The highest BCUT2D eigenvalue weighted by atomic mass is 15.3. The minimum absolute atomic E-state index is 0.626. The molecule has 0 saturated heterocycles. The van der Waals surface area contributed by atoms with Crippen LogP contribution >= 0.6 is 0 Å². The molecular formula is C11H15N3. The highest BCUT2D eigenvalue weighted by Crippen LogP contribution is 2.24. The second-order valence-corrected chi connectivity index (χ2v) is 3.65. The van der Waals surface area contributed by atoms with Gasteiger partial charge in [-0.25, -0.2) is 0 Å². The van der Waals surface area contributed by atoms with Gasteiger partial charge in [-0.3, -0.25) is 4.99 Å². The Morgan fingerprint density at radius 1 is 1.43 bits per heavy atom. The summed E-state index contributed by atoms with van der Waals surface area (Å²) in [6, 6.07) is 6.39. The second kappa shape index (κ2) is 3.33. The summed E-state index contributed by atoms with van der Waals surface area (Å²) >= 11 is 0. The number of rotatable bonds is 0. The van der Waals surface area contributed by atoms with Gasteiger partial charge in [0, 0.05) is 20.1 Å². The molecule has 0 aliphatic carbocycles. The van der Waals surface area contributed by atoms with Gasteiger partial charge >= 0.3 is 0 Å². The van der Waals surface area contributed by atoms with Gasteiger partial charge in [0.15, 0.2) is 5.96 Å². The van der Waals surface area contributed by atoms with Gasteiger partial charge in [-0.2, -0.15) is 0 Å². The van der Waals surface area contributed by atoms with E-state index in [4.69, 9.17) is 5.73 Å². The van der Waals surface area contributed by atoms with E-state index < -0.39 is 0 Å². The van der Waals surface area contributed by atoms with Crippen molar-refractivity contribution < 1.29 is 0 Å². The molecule has 0 saturated carbocycles. The summed E-state index contributed by atoms with van der Waals surface area (Å²) in [5.74, 6) is 0.626. The summed E-state index contributed by atoms with van der Waals surface area (Å²) in [6.45, 7) is 3.92. The lowest BCUT2D eigenvalue weighted by atomic mass is 10.1. The van der Waals surface area contributed by atoms with Crippen molar-refractivity contribution in [1.82, 2.24) is 4.90 Å². The summed E-state index contributed by atoms with van der Waals surface area (Å²) in [5, 5.41) is 0. The third-order valence-corrected chi connectivity index (χ3v) is 2.77. The first kappa shape index (κ1) is 9.06. The van der Waals surface area contributed by atoms with Crippen molar-refractivity contribution in [2.75, 3.05) is 7.05 Å². The molecule has 2 N–H and O–H groups in total. The Morgan fingerprint density at radius 2 is 2.21 bits per heavy atom. The van der Waals surface area contributed by atoms with Crippen LogP contribution in [-0.2, 0) is 13.1 Å². The van der Waals surface area contributed by atoms with Gasteiger partial charge in [0.2, 0.25) is 0 Å².